The molecule has 2 fully saturated rings. The van der Waals surface area contributed by atoms with Crippen molar-refractivity contribution in [3.05, 3.63) is 64.9 Å². The maximum Gasteiger partial charge on any atom is 0.298 e. The highest BCUT2D eigenvalue weighted by atomic mass is 19.1. The minimum Gasteiger partial charge on any atom is -0.423 e. The Morgan fingerprint density at radius 2 is 1.93 bits per heavy atom. The maximum atomic E-state index is 13.8. The van der Waals surface area contributed by atoms with Crippen LogP contribution in [0.3, 0.4) is 0 Å². The van der Waals surface area contributed by atoms with E-state index >= 15 is 0 Å². The maximum absolute atomic E-state index is 13.8. The molecule has 3 aliphatic heterocycles. The standard InChI is InChI=1S/C31H37F2N5O3/c1-18-3-4-24-25(11-18)35-17-31(24)7-10-37(15-19(31)2)16-26(39)20-5-8-38(9-6-20)30-36-27(29(34)40)28(41-30)21-12-22(32)14-23(33)13-21/h3-4,11-14,19-20,26,35,39H,5-10,15-17H2,1-2H3,(H2,34,40)/t19-,26+,31+/m0/s1. The summed E-state index contributed by atoms with van der Waals surface area (Å²) in [4.78, 5) is 20.6. The number of likely N-dealkylation sites (tertiary alicyclic amines) is 1. The van der Waals surface area contributed by atoms with E-state index in [2.05, 4.69) is 47.2 Å². The van der Waals surface area contributed by atoms with Crippen LogP contribution in [0.4, 0.5) is 20.5 Å². The summed E-state index contributed by atoms with van der Waals surface area (Å²) in [6.07, 6.45) is 2.06. The molecule has 6 rings (SSSR count). The zero-order valence-corrected chi connectivity index (χ0v) is 23.5. The monoisotopic (exact) mass is 565 g/mol. The number of carbonyl (C=O) groups is 1. The number of nitrogens with zero attached hydrogens (tertiary/aromatic N) is 3. The van der Waals surface area contributed by atoms with Gasteiger partial charge in [-0.05, 0) is 73.9 Å². The molecule has 3 atom stereocenters. The fraction of sp³-hybridized carbons (Fsp3) is 0.484. The molecule has 41 heavy (non-hydrogen) atoms. The first-order valence-electron chi connectivity index (χ1n) is 14.4. The number of amides is 1. The number of benzene rings is 2. The molecule has 0 radical (unpaired) electrons. The average molecular weight is 566 g/mol. The van der Waals surface area contributed by atoms with Crippen molar-refractivity contribution in [3.8, 4) is 11.3 Å². The van der Waals surface area contributed by atoms with E-state index in [-0.39, 0.29) is 34.4 Å². The topological polar surface area (TPSA) is 108 Å². The number of halogens is 2. The Kier molecular flexibility index (Phi) is 7.23. The number of β-amino-alcohol motifs (C(OH)–C–C–N with tert-alkyl or cyclic N) is 1. The number of nitrogens with one attached hydrogen (secondary N) is 1. The van der Waals surface area contributed by atoms with Crippen LogP contribution in [0, 0.1) is 30.4 Å². The number of aliphatic hydroxyl groups is 1. The smallest absolute Gasteiger partial charge is 0.298 e. The Hall–Kier alpha value is -3.50. The number of hydrogen-bond donors (Lipinski definition) is 3. The molecule has 1 aromatic heterocycles. The van der Waals surface area contributed by atoms with Gasteiger partial charge < -0.3 is 30.4 Å². The summed E-state index contributed by atoms with van der Waals surface area (Å²) in [5, 5.41) is 14.8. The van der Waals surface area contributed by atoms with Crippen LogP contribution in [-0.4, -0.2) is 66.3 Å². The lowest BCUT2D eigenvalue weighted by Crippen LogP contribution is -2.52. The molecule has 2 saturated heterocycles. The first-order chi connectivity index (χ1) is 19.6. The van der Waals surface area contributed by atoms with Gasteiger partial charge >= 0.3 is 0 Å². The second-order valence-corrected chi connectivity index (χ2v) is 12.1. The summed E-state index contributed by atoms with van der Waals surface area (Å²) in [5.41, 5.74) is 9.49. The van der Waals surface area contributed by atoms with Gasteiger partial charge in [0.25, 0.3) is 11.9 Å². The normalized spacial score (nSPS) is 23.9. The molecule has 8 nitrogen and oxygen atoms in total. The second kappa shape index (κ2) is 10.7. The van der Waals surface area contributed by atoms with Crippen LogP contribution in [0.25, 0.3) is 11.3 Å². The fourth-order valence-corrected chi connectivity index (χ4v) is 7.05. The molecule has 4 heterocycles. The number of rotatable bonds is 6. The van der Waals surface area contributed by atoms with Crippen molar-refractivity contribution in [2.24, 2.45) is 17.6 Å². The highest BCUT2D eigenvalue weighted by molar-refractivity contribution is 5.97. The van der Waals surface area contributed by atoms with E-state index in [0.717, 1.165) is 57.1 Å². The molecule has 3 aromatic rings. The van der Waals surface area contributed by atoms with Gasteiger partial charge in [0.05, 0.1) is 6.10 Å². The Balaban J connectivity index is 1.07. The number of primary amides is 1. The molecule has 0 aliphatic carbocycles. The summed E-state index contributed by atoms with van der Waals surface area (Å²) in [5.74, 6) is -1.89. The van der Waals surface area contributed by atoms with E-state index in [0.29, 0.717) is 25.6 Å². The third-order valence-corrected chi connectivity index (χ3v) is 9.43. The highest BCUT2D eigenvalue weighted by Gasteiger charge is 2.46. The molecule has 4 N–H and O–H groups in total. The first kappa shape index (κ1) is 27.7. The Labute approximate surface area is 238 Å². The number of aromatic nitrogens is 1. The van der Waals surface area contributed by atoms with Crippen molar-refractivity contribution in [1.82, 2.24) is 9.88 Å². The zero-order chi connectivity index (χ0) is 28.9. The van der Waals surface area contributed by atoms with Gasteiger partial charge in [0.15, 0.2) is 11.5 Å². The van der Waals surface area contributed by atoms with Gasteiger partial charge in [-0.1, -0.05) is 19.1 Å². The number of hydrogen-bond acceptors (Lipinski definition) is 7. The van der Waals surface area contributed by atoms with Crippen LogP contribution in [-0.2, 0) is 5.41 Å². The zero-order valence-electron chi connectivity index (χ0n) is 23.5. The van der Waals surface area contributed by atoms with Crippen LogP contribution < -0.4 is 16.0 Å². The molecule has 1 spiro atoms. The highest BCUT2D eigenvalue weighted by Crippen LogP contribution is 2.47. The van der Waals surface area contributed by atoms with Crippen molar-refractivity contribution in [3.63, 3.8) is 0 Å². The van der Waals surface area contributed by atoms with Crippen molar-refractivity contribution < 1.29 is 23.1 Å². The quantitative estimate of drug-likeness (QED) is 0.409. The molecule has 1 amide bonds. The number of piperidine rings is 2. The molecular formula is C31H37F2N5O3. The van der Waals surface area contributed by atoms with Crippen LogP contribution in [0.15, 0.2) is 40.8 Å². The van der Waals surface area contributed by atoms with E-state index in [1.54, 1.807) is 0 Å². The van der Waals surface area contributed by atoms with Crippen LogP contribution in [0.5, 0.6) is 0 Å². The van der Waals surface area contributed by atoms with Crippen molar-refractivity contribution in [1.29, 1.82) is 0 Å². The van der Waals surface area contributed by atoms with Crippen molar-refractivity contribution in [2.75, 3.05) is 49.5 Å². The second-order valence-electron chi connectivity index (χ2n) is 12.1. The number of anilines is 2. The third-order valence-electron chi connectivity index (χ3n) is 9.43. The minimum absolute atomic E-state index is 0.0553. The average Bonchev–Trinajstić information content (AvgIpc) is 3.54. The largest absolute Gasteiger partial charge is 0.423 e. The van der Waals surface area contributed by atoms with E-state index in [1.807, 2.05) is 4.90 Å². The van der Waals surface area contributed by atoms with Crippen molar-refractivity contribution >= 4 is 17.6 Å². The lowest BCUT2D eigenvalue weighted by molar-refractivity contribution is 0.0242. The van der Waals surface area contributed by atoms with Gasteiger partial charge in [-0.3, -0.25) is 4.79 Å². The molecule has 0 bridgehead atoms. The lowest BCUT2D eigenvalue weighted by Gasteiger charge is -2.46. The Morgan fingerprint density at radius 3 is 2.61 bits per heavy atom. The summed E-state index contributed by atoms with van der Waals surface area (Å²) < 4.78 is 33.4. The van der Waals surface area contributed by atoms with Gasteiger partial charge in [0.2, 0.25) is 0 Å². The number of oxazole rings is 1. The third kappa shape index (κ3) is 5.19. The summed E-state index contributed by atoms with van der Waals surface area (Å²) >= 11 is 0. The van der Waals surface area contributed by atoms with Gasteiger partial charge in [-0.2, -0.15) is 4.98 Å². The molecule has 2 aromatic carbocycles. The summed E-state index contributed by atoms with van der Waals surface area (Å²) in [6, 6.07) is 9.83. The van der Waals surface area contributed by atoms with Gasteiger partial charge in [-0.15, -0.1) is 0 Å². The van der Waals surface area contributed by atoms with Crippen LogP contribution in [0.2, 0.25) is 0 Å². The number of nitrogens with two attached hydrogens (primary N) is 1. The minimum atomic E-state index is -0.838. The molecule has 0 unspecified atom stereocenters. The SMILES string of the molecule is Cc1ccc2c(c1)NC[C@@]21CCN(C[C@@H](O)C2CCN(c3nc(C(N)=O)c(-c4cc(F)cc(F)c4)o3)CC2)C[C@@H]1C. The predicted octanol–water partition coefficient (Wildman–Crippen LogP) is 4.31. The molecule has 218 valence electrons. The van der Waals surface area contributed by atoms with Crippen LogP contribution in [0.1, 0.15) is 47.8 Å². The predicted molar refractivity (Wildman–Crippen MR) is 153 cm³/mol. The fourth-order valence-electron chi connectivity index (χ4n) is 7.05. The molecular weight excluding hydrogens is 528 g/mol. The van der Waals surface area contributed by atoms with Gasteiger partial charge in [-0.25, -0.2) is 8.78 Å². The molecule has 10 heteroatoms. The van der Waals surface area contributed by atoms with E-state index in [4.69, 9.17) is 10.2 Å². The number of fused-ring (bicyclic) bond motifs is 2. The van der Waals surface area contributed by atoms with Gasteiger partial charge in [0, 0.05) is 55.5 Å². The van der Waals surface area contributed by atoms with E-state index < -0.39 is 23.6 Å². The number of carbonyl (C=O) groups excluding carboxylic acids is 1. The molecule has 0 saturated carbocycles. The first-order valence-corrected chi connectivity index (χ1v) is 14.4. The summed E-state index contributed by atoms with van der Waals surface area (Å²) in [6.45, 7) is 9.09. The lowest BCUT2D eigenvalue weighted by atomic mass is 9.67. The molecule has 3 aliphatic rings. The van der Waals surface area contributed by atoms with Crippen molar-refractivity contribution in [2.45, 2.75) is 44.6 Å². The summed E-state index contributed by atoms with van der Waals surface area (Å²) in [7, 11) is 0. The Morgan fingerprint density at radius 1 is 1.20 bits per heavy atom. The number of aryl methyl sites for hydroxylation is 1. The van der Waals surface area contributed by atoms with Crippen LogP contribution >= 0.6 is 0 Å². The van der Waals surface area contributed by atoms with E-state index in [1.165, 1.54) is 16.8 Å². The van der Waals surface area contributed by atoms with Gasteiger partial charge in [0.1, 0.15) is 11.6 Å². The number of aliphatic hydroxyl groups excluding tert-OH is 1. The van der Waals surface area contributed by atoms with E-state index in [9.17, 15) is 18.7 Å². The Bertz CT molecular complexity index is 1430.